The number of rotatable bonds is 9. The smallest absolute Gasteiger partial charge is 0.242 e. The van der Waals surface area contributed by atoms with E-state index in [4.69, 9.17) is 0 Å². The van der Waals surface area contributed by atoms with Crippen molar-refractivity contribution in [3.8, 4) is 0 Å². The molecule has 2 atom stereocenters. The lowest BCUT2D eigenvalue weighted by molar-refractivity contribution is -0.138. The van der Waals surface area contributed by atoms with Crippen LogP contribution in [0, 0.1) is 6.92 Å². The predicted molar refractivity (Wildman–Crippen MR) is 116 cm³/mol. The van der Waals surface area contributed by atoms with Crippen molar-refractivity contribution in [1.82, 2.24) is 10.2 Å². The fraction of sp³-hybridized carbons (Fsp3) is 0.391. The molecule has 4 nitrogen and oxygen atoms in total. The Bertz CT molecular complexity index is 779. The zero-order valence-corrected chi connectivity index (χ0v) is 18.0. The van der Waals surface area contributed by atoms with Gasteiger partial charge in [0.15, 0.2) is 0 Å². The number of nitrogens with zero attached hydrogens (tertiary/aromatic N) is 1. The Balaban J connectivity index is 2.15. The molecule has 5 heteroatoms. The summed E-state index contributed by atoms with van der Waals surface area (Å²) in [6.45, 7) is 8.27. The maximum atomic E-state index is 13.1. The molecule has 0 saturated carbocycles. The molecule has 2 aromatic carbocycles. The molecule has 0 unspecified atom stereocenters. The standard InChI is InChI=1S/C23H30N2O2S/c1-5-18(3)24-23(27)19(4)25(15-20-12-10-9-11-17(20)2)22(26)16-28-21-13-7-6-8-14-21/h6-14,18-19H,5,15-16H2,1-4H3,(H,24,27)/t18-,19+/m0/s1. The van der Waals surface area contributed by atoms with Crippen LogP contribution < -0.4 is 5.32 Å². The predicted octanol–water partition coefficient (Wildman–Crippen LogP) is 4.42. The summed E-state index contributed by atoms with van der Waals surface area (Å²) in [5, 5.41) is 3.00. The van der Waals surface area contributed by atoms with Crippen molar-refractivity contribution in [3.05, 3.63) is 65.7 Å². The quantitative estimate of drug-likeness (QED) is 0.636. The second kappa shape index (κ2) is 10.9. The number of carbonyl (C=O) groups excluding carboxylic acids is 2. The van der Waals surface area contributed by atoms with Gasteiger partial charge in [0, 0.05) is 17.5 Å². The molecule has 0 radical (unpaired) electrons. The van der Waals surface area contributed by atoms with E-state index in [1.165, 1.54) is 11.8 Å². The molecule has 150 valence electrons. The van der Waals surface area contributed by atoms with E-state index in [0.717, 1.165) is 22.4 Å². The Morgan fingerprint density at radius 1 is 1.04 bits per heavy atom. The molecular weight excluding hydrogens is 368 g/mol. The van der Waals surface area contributed by atoms with Gasteiger partial charge in [0.1, 0.15) is 6.04 Å². The molecule has 0 bridgehead atoms. The van der Waals surface area contributed by atoms with Gasteiger partial charge >= 0.3 is 0 Å². The zero-order chi connectivity index (χ0) is 20.5. The van der Waals surface area contributed by atoms with E-state index >= 15 is 0 Å². The second-order valence-corrected chi connectivity index (χ2v) is 8.09. The topological polar surface area (TPSA) is 49.4 Å². The van der Waals surface area contributed by atoms with Crippen LogP contribution in [0.15, 0.2) is 59.5 Å². The third kappa shape index (κ3) is 6.41. The van der Waals surface area contributed by atoms with Crippen molar-refractivity contribution < 1.29 is 9.59 Å². The molecule has 0 saturated heterocycles. The molecule has 1 N–H and O–H groups in total. The lowest BCUT2D eigenvalue weighted by Crippen LogP contribution is -2.50. The van der Waals surface area contributed by atoms with Crippen molar-refractivity contribution in [3.63, 3.8) is 0 Å². The summed E-state index contributed by atoms with van der Waals surface area (Å²) in [5.74, 6) is 0.154. The average Bonchev–Trinajstić information content (AvgIpc) is 2.71. The van der Waals surface area contributed by atoms with Crippen LogP contribution in [0.2, 0.25) is 0 Å². The van der Waals surface area contributed by atoms with Gasteiger partial charge in [-0.2, -0.15) is 0 Å². The van der Waals surface area contributed by atoms with Crippen LogP contribution in [0.4, 0.5) is 0 Å². The van der Waals surface area contributed by atoms with E-state index in [0.29, 0.717) is 12.3 Å². The lowest BCUT2D eigenvalue weighted by Gasteiger charge is -2.30. The van der Waals surface area contributed by atoms with Crippen molar-refractivity contribution in [1.29, 1.82) is 0 Å². The summed E-state index contributed by atoms with van der Waals surface area (Å²) in [6.07, 6.45) is 0.855. The van der Waals surface area contributed by atoms with Gasteiger partial charge < -0.3 is 10.2 Å². The monoisotopic (exact) mass is 398 g/mol. The Hall–Kier alpha value is -2.27. The van der Waals surface area contributed by atoms with Gasteiger partial charge in [0.05, 0.1) is 5.75 Å². The number of carbonyl (C=O) groups is 2. The number of aryl methyl sites for hydroxylation is 1. The second-order valence-electron chi connectivity index (χ2n) is 7.04. The van der Waals surface area contributed by atoms with Crippen molar-refractivity contribution in [2.45, 2.75) is 57.6 Å². The van der Waals surface area contributed by atoms with Crippen LogP contribution in [0.25, 0.3) is 0 Å². The van der Waals surface area contributed by atoms with Gasteiger partial charge in [-0.05, 0) is 50.5 Å². The fourth-order valence-corrected chi connectivity index (χ4v) is 3.57. The van der Waals surface area contributed by atoms with Crippen molar-refractivity contribution in [2.75, 3.05) is 5.75 Å². The van der Waals surface area contributed by atoms with Crippen LogP contribution in [-0.2, 0) is 16.1 Å². The van der Waals surface area contributed by atoms with Crippen LogP contribution in [0.3, 0.4) is 0 Å². The van der Waals surface area contributed by atoms with Gasteiger partial charge in [0.2, 0.25) is 11.8 Å². The first-order valence-corrected chi connectivity index (χ1v) is 10.7. The largest absolute Gasteiger partial charge is 0.352 e. The minimum atomic E-state index is -0.530. The van der Waals surface area contributed by atoms with Gasteiger partial charge in [-0.1, -0.05) is 49.4 Å². The summed E-state index contributed by atoms with van der Waals surface area (Å²) >= 11 is 1.50. The molecule has 2 aromatic rings. The van der Waals surface area contributed by atoms with Gasteiger partial charge in [-0.15, -0.1) is 11.8 Å². The van der Waals surface area contributed by atoms with E-state index in [9.17, 15) is 9.59 Å². The average molecular weight is 399 g/mol. The fourth-order valence-electron chi connectivity index (χ4n) is 2.76. The summed E-state index contributed by atoms with van der Waals surface area (Å²) in [4.78, 5) is 28.5. The highest BCUT2D eigenvalue weighted by molar-refractivity contribution is 8.00. The van der Waals surface area contributed by atoms with Crippen LogP contribution in [-0.4, -0.2) is 34.6 Å². The number of amides is 2. The molecule has 0 heterocycles. The molecule has 0 aliphatic rings. The third-order valence-electron chi connectivity index (χ3n) is 4.88. The minimum Gasteiger partial charge on any atom is -0.352 e. The number of hydrogen-bond acceptors (Lipinski definition) is 3. The SMILES string of the molecule is CC[C@H](C)NC(=O)[C@@H](C)N(Cc1ccccc1C)C(=O)CSc1ccccc1. The van der Waals surface area contributed by atoms with Crippen LogP contribution in [0.5, 0.6) is 0 Å². The van der Waals surface area contributed by atoms with E-state index in [1.807, 2.05) is 75.4 Å². The molecule has 2 rings (SSSR count). The van der Waals surface area contributed by atoms with Crippen molar-refractivity contribution in [2.24, 2.45) is 0 Å². The van der Waals surface area contributed by atoms with Crippen LogP contribution >= 0.6 is 11.8 Å². The first-order chi connectivity index (χ1) is 13.4. The Kier molecular flexibility index (Phi) is 8.58. The molecular formula is C23H30N2O2S. The highest BCUT2D eigenvalue weighted by Gasteiger charge is 2.27. The normalized spacial score (nSPS) is 12.9. The number of thioether (sulfide) groups is 1. The summed E-state index contributed by atoms with van der Waals surface area (Å²) in [7, 11) is 0. The first-order valence-electron chi connectivity index (χ1n) is 9.74. The molecule has 2 amide bonds. The first kappa shape index (κ1) is 22.0. The Morgan fingerprint density at radius 2 is 1.68 bits per heavy atom. The maximum absolute atomic E-state index is 13.1. The van der Waals surface area contributed by atoms with E-state index in [2.05, 4.69) is 5.32 Å². The molecule has 0 spiro atoms. The van der Waals surface area contributed by atoms with Gasteiger partial charge in [-0.25, -0.2) is 0 Å². The van der Waals surface area contributed by atoms with E-state index in [-0.39, 0.29) is 17.9 Å². The molecule has 0 fully saturated rings. The zero-order valence-electron chi connectivity index (χ0n) is 17.1. The molecule has 0 aliphatic carbocycles. The number of benzene rings is 2. The van der Waals surface area contributed by atoms with E-state index in [1.54, 1.807) is 11.8 Å². The third-order valence-corrected chi connectivity index (χ3v) is 5.87. The summed E-state index contributed by atoms with van der Waals surface area (Å²) in [6, 6.07) is 17.4. The lowest BCUT2D eigenvalue weighted by atomic mass is 10.1. The van der Waals surface area contributed by atoms with Gasteiger partial charge in [0.25, 0.3) is 0 Å². The number of nitrogens with one attached hydrogen (secondary N) is 1. The molecule has 28 heavy (non-hydrogen) atoms. The molecule has 0 aromatic heterocycles. The molecule has 0 aliphatic heterocycles. The summed E-state index contributed by atoms with van der Waals surface area (Å²) in [5.41, 5.74) is 2.18. The van der Waals surface area contributed by atoms with E-state index < -0.39 is 6.04 Å². The Labute approximate surface area is 172 Å². The highest BCUT2D eigenvalue weighted by Crippen LogP contribution is 2.20. The van der Waals surface area contributed by atoms with Crippen LogP contribution in [0.1, 0.15) is 38.3 Å². The maximum Gasteiger partial charge on any atom is 0.242 e. The summed E-state index contributed by atoms with van der Waals surface area (Å²) < 4.78 is 0. The number of hydrogen-bond donors (Lipinski definition) is 1. The van der Waals surface area contributed by atoms with Gasteiger partial charge in [-0.3, -0.25) is 9.59 Å². The Morgan fingerprint density at radius 3 is 2.32 bits per heavy atom. The van der Waals surface area contributed by atoms with Crippen molar-refractivity contribution >= 4 is 23.6 Å². The minimum absolute atomic E-state index is 0.0380. The highest BCUT2D eigenvalue weighted by atomic mass is 32.2.